The van der Waals surface area contributed by atoms with Crippen molar-refractivity contribution < 1.29 is 19.8 Å². The van der Waals surface area contributed by atoms with E-state index >= 15 is 0 Å². The number of hydrogen-bond acceptors (Lipinski definition) is 6. The lowest BCUT2D eigenvalue weighted by atomic mass is 9.69. The van der Waals surface area contributed by atoms with Gasteiger partial charge in [0.1, 0.15) is 0 Å². The van der Waals surface area contributed by atoms with Gasteiger partial charge in [-0.05, 0) is 24.3 Å². The van der Waals surface area contributed by atoms with Crippen LogP contribution >= 0.6 is 0 Å². The molecule has 9 nitrogen and oxygen atoms in total. The van der Waals surface area contributed by atoms with Crippen molar-refractivity contribution in [3.05, 3.63) is 58.5 Å². The minimum atomic E-state index is -1.27. The van der Waals surface area contributed by atoms with Gasteiger partial charge in [0.2, 0.25) is 5.91 Å². The zero-order valence-corrected chi connectivity index (χ0v) is 26.6. The summed E-state index contributed by atoms with van der Waals surface area (Å²) < 4.78 is 1.46. The number of piperidine rings is 1. The molecule has 240 valence electrons. The number of hydrogen-bond donors (Lipinski definition) is 3. The first-order valence-corrected chi connectivity index (χ1v) is 16.5. The van der Waals surface area contributed by atoms with E-state index in [-0.39, 0.29) is 42.5 Å². The van der Waals surface area contributed by atoms with Crippen LogP contribution < -0.4 is 10.9 Å². The van der Waals surface area contributed by atoms with Gasteiger partial charge in [-0.1, -0.05) is 83.2 Å². The van der Waals surface area contributed by atoms with Crippen molar-refractivity contribution in [3.63, 3.8) is 0 Å². The molecule has 1 aliphatic carbocycles. The van der Waals surface area contributed by atoms with Gasteiger partial charge in [0.25, 0.3) is 11.5 Å². The third kappa shape index (κ3) is 6.80. The summed E-state index contributed by atoms with van der Waals surface area (Å²) in [7, 11) is 0. The van der Waals surface area contributed by atoms with Gasteiger partial charge in [0.05, 0.1) is 30.4 Å². The van der Waals surface area contributed by atoms with E-state index in [4.69, 9.17) is 0 Å². The van der Waals surface area contributed by atoms with Gasteiger partial charge >= 0.3 is 0 Å². The van der Waals surface area contributed by atoms with E-state index in [0.717, 1.165) is 12.0 Å². The molecule has 3 aliphatic rings. The maximum atomic E-state index is 14.0. The van der Waals surface area contributed by atoms with E-state index in [2.05, 4.69) is 5.32 Å². The number of carbonyl (C=O) groups is 2. The van der Waals surface area contributed by atoms with E-state index < -0.39 is 11.0 Å². The molecule has 2 aliphatic heterocycles. The predicted molar refractivity (Wildman–Crippen MR) is 171 cm³/mol. The van der Waals surface area contributed by atoms with Crippen LogP contribution in [0.3, 0.4) is 0 Å². The summed E-state index contributed by atoms with van der Waals surface area (Å²) in [4.78, 5) is 44.7. The van der Waals surface area contributed by atoms with Crippen molar-refractivity contribution in [1.82, 2.24) is 19.7 Å². The first kappa shape index (κ1) is 32.4. The molecule has 0 radical (unpaired) electrons. The molecule has 0 spiro atoms. The highest BCUT2D eigenvalue weighted by molar-refractivity contribution is 6.00. The first-order valence-electron chi connectivity index (χ1n) is 16.5. The fourth-order valence-corrected chi connectivity index (χ4v) is 7.53. The lowest BCUT2D eigenvalue weighted by Gasteiger charge is -2.51. The maximum absolute atomic E-state index is 14.0. The Balaban J connectivity index is 1.39. The molecule has 3 fully saturated rings. The number of rotatable bonds is 8. The Morgan fingerprint density at radius 1 is 1.09 bits per heavy atom. The fourth-order valence-electron chi connectivity index (χ4n) is 7.53. The molecule has 0 bridgehead atoms. The number of nitrogens with zero attached hydrogens (tertiary/aromatic N) is 3. The largest absolute Gasteiger partial charge is 0.394 e. The number of carbonyl (C=O) groups excluding carboxylic acids is 2. The monoisotopic (exact) mass is 606 g/mol. The average molecular weight is 607 g/mol. The normalized spacial score (nSPS) is 25.1. The predicted octanol–water partition coefficient (Wildman–Crippen LogP) is 3.52. The Morgan fingerprint density at radius 3 is 2.50 bits per heavy atom. The minimum absolute atomic E-state index is 0.0127. The van der Waals surface area contributed by atoms with E-state index in [9.17, 15) is 24.6 Å². The van der Waals surface area contributed by atoms with Crippen LogP contribution in [0.25, 0.3) is 11.1 Å². The van der Waals surface area contributed by atoms with E-state index in [1.165, 1.54) is 42.7 Å². The van der Waals surface area contributed by atoms with Crippen LogP contribution in [0.15, 0.2) is 47.4 Å². The van der Waals surface area contributed by atoms with Gasteiger partial charge in [-0.25, -0.2) is 0 Å². The number of aliphatic hydroxyl groups is 2. The molecule has 1 aromatic carbocycles. The molecule has 9 heteroatoms. The van der Waals surface area contributed by atoms with Crippen LogP contribution in [0.1, 0.15) is 76.1 Å². The highest BCUT2D eigenvalue weighted by Crippen LogP contribution is 2.41. The summed E-state index contributed by atoms with van der Waals surface area (Å²) in [6.07, 6.45) is 9.07. The van der Waals surface area contributed by atoms with Gasteiger partial charge in [-0.3, -0.25) is 14.4 Å². The Kier molecular flexibility index (Phi) is 9.97. The molecule has 2 amide bonds. The van der Waals surface area contributed by atoms with Crippen LogP contribution in [-0.2, 0) is 11.3 Å². The van der Waals surface area contributed by atoms with Crippen molar-refractivity contribution in [3.8, 4) is 11.1 Å². The Bertz CT molecular complexity index is 1370. The third-order valence-electron chi connectivity index (χ3n) is 10.5. The number of piperazine rings is 1. The topological polar surface area (TPSA) is 115 Å². The number of likely N-dealkylation sites (tertiary alicyclic amines) is 1. The summed E-state index contributed by atoms with van der Waals surface area (Å²) in [6, 6.07) is 10.5. The third-order valence-corrected chi connectivity index (χ3v) is 10.5. The second-order valence-electron chi connectivity index (χ2n) is 14.0. The van der Waals surface area contributed by atoms with Crippen LogP contribution in [0, 0.1) is 17.3 Å². The summed E-state index contributed by atoms with van der Waals surface area (Å²) in [6.45, 7) is 8.18. The molecule has 2 aromatic rings. The van der Waals surface area contributed by atoms with E-state index in [1.807, 2.05) is 56.0 Å². The first-order chi connectivity index (χ1) is 21.0. The number of pyridine rings is 1. The Labute approximate surface area is 261 Å². The molecule has 1 saturated carbocycles. The van der Waals surface area contributed by atoms with Crippen LogP contribution in [0.4, 0.5) is 0 Å². The molecule has 3 heterocycles. The smallest absolute Gasteiger partial charge is 0.256 e. The second kappa shape index (κ2) is 13.5. The number of amides is 2. The van der Waals surface area contributed by atoms with E-state index in [1.54, 1.807) is 11.1 Å². The number of aromatic nitrogens is 1. The highest BCUT2D eigenvalue weighted by Gasteiger charge is 2.49. The molecule has 3 N–H and O–H groups in total. The lowest BCUT2D eigenvalue weighted by molar-refractivity contribution is -0.157. The molecule has 44 heavy (non-hydrogen) atoms. The number of nitrogens with one attached hydrogen (secondary N) is 1. The van der Waals surface area contributed by atoms with Crippen molar-refractivity contribution in [2.45, 2.75) is 83.9 Å². The van der Waals surface area contributed by atoms with Crippen molar-refractivity contribution in [1.29, 1.82) is 0 Å². The second-order valence-corrected chi connectivity index (χ2v) is 14.0. The molecular weight excluding hydrogens is 556 g/mol. The summed E-state index contributed by atoms with van der Waals surface area (Å²) in [5.41, 5.74) is -0.606. The summed E-state index contributed by atoms with van der Waals surface area (Å²) in [5, 5.41) is 25.3. The Hall–Kier alpha value is -3.01. The zero-order valence-electron chi connectivity index (χ0n) is 26.6. The van der Waals surface area contributed by atoms with Crippen molar-refractivity contribution in [2.75, 3.05) is 39.3 Å². The SMILES string of the molecule is CC(CC1CCCCC1)C(=O)N1CC[C@@](O)(Cn2cc(C(=O)N3CCNC[C@H]3CO)c(-c3ccccc3)cc2=O)C(C)(C)C1. The van der Waals surface area contributed by atoms with Crippen molar-refractivity contribution >= 4 is 11.8 Å². The van der Waals surface area contributed by atoms with E-state index in [0.29, 0.717) is 56.2 Å². The fraction of sp³-hybridized carbons (Fsp3) is 0.629. The van der Waals surface area contributed by atoms with Crippen LogP contribution in [-0.4, -0.2) is 87.4 Å². The van der Waals surface area contributed by atoms with Gasteiger partial charge in [-0.2, -0.15) is 0 Å². The Morgan fingerprint density at radius 2 is 1.82 bits per heavy atom. The van der Waals surface area contributed by atoms with Gasteiger partial charge < -0.3 is 29.9 Å². The zero-order chi connectivity index (χ0) is 31.5. The molecule has 5 rings (SSSR count). The quantitative estimate of drug-likeness (QED) is 0.424. The molecule has 3 atom stereocenters. The minimum Gasteiger partial charge on any atom is -0.394 e. The molecule has 1 aromatic heterocycles. The van der Waals surface area contributed by atoms with Gasteiger partial charge in [0.15, 0.2) is 0 Å². The maximum Gasteiger partial charge on any atom is 0.256 e. The average Bonchev–Trinajstić information content (AvgIpc) is 3.03. The number of aliphatic hydroxyl groups excluding tert-OH is 1. The highest BCUT2D eigenvalue weighted by atomic mass is 16.3. The van der Waals surface area contributed by atoms with Crippen molar-refractivity contribution in [2.24, 2.45) is 17.3 Å². The van der Waals surface area contributed by atoms with Crippen LogP contribution in [0.5, 0.6) is 0 Å². The van der Waals surface area contributed by atoms with Gasteiger partial charge in [-0.15, -0.1) is 0 Å². The summed E-state index contributed by atoms with van der Waals surface area (Å²) >= 11 is 0. The standard InChI is InChI=1S/C35H50N4O5/c1-25(18-26-10-6-4-7-11-26)32(42)37-16-14-35(44,34(2,3)23-37)24-38-21-30(33(43)39-17-15-36-20-28(39)22-40)29(19-31(38)41)27-12-8-5-9-13-27/h5,8-9,12-13,19,21,25-26,28,36,40,44H,4,6-7,10-11,14-18,20,22-24H2,1-3H3/t25?,28-,35+/m0/s1. The van der Waals surface area contributed by atoms with Gasteiger partial charge in [0, 0.05) is 61.9 Å². The molecule has 1 unspecified atom stereocenters. The lowest BCUT2D eigenvalue weighted by Crippen LogP contribution is -2.61. The van der Waals surface area contributed by atoms with Crippen LogP contribution in [0.2, 0.25) is 0 Å². The number of benzene rings is 1. The summed E-state index contributed by atoms with van der Waals surface area (Å²) in [5.74, 6) is 0.470. The molecular formula is C35H50N4O5. The molecule has 2 saturated heterocycles.